The van der Waals surface area contributed by atoms with Gasteiger partial charge in [0.05, 0.1) is 0 Å². The summed E-state index contributed by atoms with van der Waals surface area (Å²) in [4.78, 5) is 0. The normalized spacial score (nSPS) is 44.5. The van der Waals surface area contributed by atoms with Gasteiger partial charge in [-0.3, -0.25) is 0 Å². The zero-order chi connectivity index (χ0) is 17.9. The Morgan fingerprint density at radius 2 is 1.76 bits per heavy atom. The van der Waals surface area contributed by atoms with Gasteiger partial charge in [-0.25, -0.2) is 0 Å². The minimum Gasteiger partial charge on any atom is -0.0735 e. The largest absolute Gasteiger partial charge is 0.0735 e. The summed E-state index contributed by atoms with van der Waals surface area (Å²) in [6.45, 7) is 15.1. The van der Waals surface area contributed by atoms with Gasteiger partial charge in [-0.2, -0.15) is 0 Å². The van der Waals surface area contributed by atoms with Crippen LogP contribution in [0.3, 0.4) is 0 Å². The lowest BCUT2D eigenvalue weighted by atomic mass is 9.58. The van der Waals surface area contributed by atoms with Crippen LogP contribution in [0.4, 0.5) is 0 Å². The molecule has 4 rings (SSSR count). The van der Waals surface area contributed by atoms with E-state index in [2.05, 4.69) is 41.5 Å². The fourth-order valence-electron chi connectivity index (χ4n) is 7.54. The highest BCUT2D eigenvalue weighted by atomic mass is 14.6. The Morgan fingerprint density at radius 1 is 1.00 bits per heavy atom. The summed E-state index contributed by atoms with van der Waals surface area (Å²) < 4.78 is 0. The minimum atomic E-state index is 0.592. The van der Waals surface area contributed by atoms with Crippen molar-refractivity contribution in [3.05, 3.63) is 22.3 Å². The number of fused-ring (bicyclic) bond motifs is 3. The second-order valence-corrected chi connectivity index (χ2v) is 10.8. The summed E-state index contributed by atoms with van der Waals surface area (Å²) in [5.41, 5.74) is 7.96. The molecule has 6 atom stereocenters. The third-order valence-electron chi connectivity index (χ3n) is 9.23. The van der Waals surface area contributed by atoms with E-state index in [0.29, 0.717) is 5.41 Å². The molecule has 4 aliphatic carbocycles. The molecule has 0 aromatic carbocycles. The van der Waals surface area contributed by atoms with Crippen LogP contribution in [0.25, 0.3) is 0 Å². The molecule has 3 saturated carbocycles. The van der Waals surface area contributed by atoms with Crippen LogP contribution in [-0.2, 0) is 0 Å². The van der Waals surface area contributed by atoms with E-state index in [1.807, 2.05) is 16.7 Å². The Morgan fingerprint density at radius 3 is 2.48 bits per heavy atom. The molecule has 0 N–H and O–H groups in total. The Balaban J connectivity index is 1.74. The first-order valence-electron chi connectivity index (χ1n) is 11.2. The van der Waals surface area contributed by atoms with Crippen molar-refractivity contribution in [2.75, 3.05) is 0 Å². The highest BCUT2D eigenvalue weighted by Gasteiger charge is 2.51. The fraction of sp³-hybridized carbons (Fsp3) is 0.840. The SMILES string of the molecule is CC1=C2C[C@@]3(C)CC[C@H](C(C)C)[C@@H]3C[C@H]2C(C)=C2CC[C@H](C)[C@@H]2CC1. The molecule has 0 amide bonds. The van der Waals surface area contributed by atoms with E-state index in [4.69, 9.17) is 0 Å². The Bertz CT molecular complexity index is 604. The summed E-state index contributed by atoms with van der Waals surface area (Å²) in [7, 11) is 0. The van der Waals surface area contributed by atoms with Gasteiger partial charge >= 0.3 is 0 Å². The molecule has 0 aliphatic heterocycles. The van der Waals surface area contributed by atoms with Gasteiger partial charge < -0.3 is 0 Å². The lowest BCUT2D eigenvalue weighted by molar-refractivity contribution is 0.113. The molecule has 140 valence electrons. The van der Waals surface area contributed by atoms with Crippen LogP contribution in [0.2, 0.25) is 0 Å². The van der Waals surface area contributed by atoms with Crippen molar-refractivity contribution in [1.82, 2.24) is 0 Å². The van der Waals surface area contributed by atoms with E-state index in [1.165, 1.54) is 51.4 Å². The average Bonchev–Trinajstić information content (AvgIpc) is 3.09. The first-order chi connectivity index (χ1) is 11.8. The molecule has 0 aromatic rings. The van der Waals surface area contributed by atoms with Gasteiger partial charge in [0.15, 0.2) is 0 Å². The number of allylic oxidation sites excluding steroid dienone is 4. The lowest BCUT2D eigenvalue weighted by Crippen LogP contribution is -2.37. The molecule has 0 saturated heterocycles. The standard InChI is InChI=1S/C25H40/c1-15(2)19-11-12-25(6)14-23-17(4)7-9-20-16(3)8-10-21(20)18(5)22(23)13-24(19)25/h15-16,19-20,22,24H,7-14H2,1-6H3/t16-,19+,20-,22-,24-,25+/m0/s1. The van der Waals surface area contributed by atoms with Gasteiger partial charge in [0.1, 0.15) is 0 Å². The predicted octanol–water partition coefficient (Wildman–Crippen LogP) is 7.56. The molecule has 0 heterocycles. The van der Waals surface area contributed by atoms with E-state index in [9.17, 15) is 0 Å². The van der Waals surface area contributed by atoms with Crippen molar-refractivity contribution < 1.29 is 0 Å². The molecule has 0 bridgehead atoms. The summed E-state index contributed by atoms with van der Waals surface area (Å²) >= 11 is 0. The van der Waals surface area contributed by atoms with E-state index in [1.54, 1.807) is 5.57 Å². The van der Waals surface area contributed by atoms with E-state index in [-0.39, 0.29) is 0 Å². The van der Waals surface area contributed by atoms with Gasteiger partial charge in [0, 0.05) is 5.92 Å². The molecular formula is C25H40. The van der Waals surface area contributed by atoms with Crippen molar-refractivity contribution in [2.45, 2.75) is 92.9 Å². The smallest absolute Gasteiger partial charge is 0.00127 e. The Labute approximate surface area is 156 Å². The first kappa shape index (κ1) is 17.9. The molecule has 0 nitrogen and oxygen atoms in total. The minimum absolute atomic E-state index is 0.592. The van der Waals surface area contributed by atoms with Crippen LogP contribution < -0.4 is 0 Å². The van der Waals surface area contributed by atoms with Gasteiger partial charge in [-0.15, -0.1) is 0 Å². The van der Waals surface area contributed by atoms with Crippen LogP contribution in [0, 0.1) is 40.9 Å². The molecule has 0 radical (unpaired) electrons. The molecule has 0 heteroatoms. The molecular weight excluding hydrogens is 300 g/mol. The third-order valence-corrected chi connectivity index (χ3v) is 9.23. The predicted molar refractivity (Wildman–Crippen MR) is 108 cm³/mol. The topological polar surface area (TPSA) is 0 Å². The molecule has 3 fully saturated rings. The second-order valence-electron chi connectivity index (χ2n) is 10.8. The molecule has 0 aromatic heterocycles. The monoisotopic (exact) mass is 340 g/mol. The summed E-state index contributed by atoms with van der Waals surface area (Å²) in [5.74, 6) is 5.40. The first-order valence-corrected chi connectivity index (χ1v) is 11.2. The highest BCUT2D eigenvalue weighted by Crippen LogP contribution is 2.61. The van der Waals surface area contributed by atoms with Crippen LogP contribution in [-0.4, -0.2) is 0 Å². The van der Waals surface area contributed by atoms with Gasteiger partial charge in [-0.1, -0.05) is 50.0 Å². The zero-order valence-corrected chi connectivity index (χ0v) is 17.6. The van der Waals surface area contributed by atoms with Gasteiger partial charge in [-0.05, 0) is 100 Å². The van der Waals surface area contributed by atoms with Gasteiger partial charge in [0.25, 0.3) is 0 Å². The maximum atomic E-state index is 2.64. The third kappa shape index (κ3) is 2.78. The van der Waals surface area contributed by atoms with Crippen LogP contribution >= 0.6 is 0 Å². The molecule has 0 spiro atoms. The summed E-state index contributed by atoms with van der Waals surface area (Å²) in [5, 5.41) is 0. The fourth-order valence-corrected chi connectivity index (χ4v) is 7.54. The summed E-state index contributed by atoms with van der Waals surface area (Å²) in [6.07, 6.45) is 11.4. The molecule has 0 unspecified atom stereocenters. The number of hydrogen-bond acceptors (Lipinski definition) is 0. The van der Waals surface area contributed by atoms with Crippen molar-refractivity contribution in [2.24, 2.45) is 40.9 Å². The zero-order valence-electron chi connectivity index (χ0n) is 17.6. The van der Waals surface area contributed by atoms with Crippen molar-refractivity contribution in [3.63, 3.8) is 0 Å². The molecule has 4 aliphatic rings. The maximum Gasteiger partial charge on any atom is 0.00127 e. The maximum absolute atomic E-state index is 2.64. The second kappa shape index (κ2) is 6.28. The van der Waals surface area contributed by atoms with Crippen molar-refractivity contribution in [1.29, 1.82) is 0 Å². The Hall–Kier alpha value is -0.520. The van der Waals surface area contributed by atoms with Crippen molar-refractivity contribution in [3.8, 4) is 0 Å². The number of hydrogen-bond donors (Lipinski definition) is 0. The van der Waals surface area contributed by atoms with Crippen LogP contribution in [0.1, 0.15) is 92.9 Å². The van der Waals surface area contributed by atoms with Crippen LogP contribution in [0.5, 0.6) is 0 Å². The summed E-state index contributed by atoms with van der Waals surface area (Å²) in [6, 6.07) is 0. The number of rotatable bonds is 1. The van der Waals surface area contributed by atoms with Crippen molar-refractivity contribution >= 4 is 0 Å². The molecule has 25 heavy (non-hydrogen) atoms. The average molecular weight is 341 g/mol. The van der Waals surface area contributed by atoms with Gasteiger partial charge in [0.2, 0.25) is 0 Å². The Kier molecular flexibility index (Phi) is 4.49. The van der Waals surface area contributed by atoms with E-state index < -0.39 is 0 Å². The van der Waals surface area contributed by atoms with Crippen LogP contribution in [0.15, 0.2) is 22.3 Å². The van der Waals surface area contributed by atoms with E-state index in [0.717, 1.165) is 35.5 Å². The highest BCUT2D eigenvalue weighted by molar-refractivity contribution is 5.35. The lowest BCUT2D eigenvalue weighted by Gasteiger charge is -2.47. The van der Waals surface area contributed by atoms with E-state index >= 15 is 0 Å². The quantitative estimate of drug-likeness (QED) is 0.432.